The molecule has 1 aliphatic heterocycles. The molecule has 4 rings (SSSR count). The fourth-order valence-corrected chi connectivity index (χ4v) is 4.68. The van der Waals surface area contributed by atoms with Crippen molar-refractivity contribution < 1.29 is 9.53 Å². The van der Waals surface area contributed by atoms with Crippen molar-refractivity contribution >= 4 is 40.8 Å². The number of H-pyrrole nitrogens is 1. The topological polar surface area (TPSA) is 108 Å². The van der Waals surface area contributed by atoms with Gasteiger partial charge in [0, 0.05) is 36.2 Å². The lowest BCUT2D eigenvalue weighted by molar-refractivity contribution is -0.115. The standard InChI is InChI=1S/C25H33N7O2S/c1-7-22(33)26-17-8-10-18(11-9-17)35-23-28-19(27-20-12-16(2)30-31-20)13-21(29-23)32-14-25(15-32,34-6)24(3,4)5/h8-13H,7,14-15H2,1-6H3,(H,26,33)(H2,27,28,29,30,31). The summed E-state index contributed by atoms with van der Waals surface area (Å²) in [5.74, 6) is 2.27. The third kappa shape index (κ3) is 5.59. The van der Waals surface area contributed by atoms with Crippen molar-refractivity contribution in [3.63, 3.8) is 0 Å². The molecule has 0 saturated carbocycles. The molecule has 3 N–H and O–H groups in total. The average Bonchev–Trinajstić information content (AvgIpc) is 3.18. The van der Waals surface area contributed by atoms with Crippen molar-refractivity contribution in [1.82, 2.24) is 20.2 Å². The van der Waals surface area contributed by atoms with Crippen molar-refractivity contribution in [3.05, 3.63) is 42.1 Å². The number of aromatic nitrogens is 4. The Bertz CT molecular complexity index is 1180. The first-order chi connectivity index (χ1) is 16.6. The monoisotopic (exact) mass is 495 g/mol. The highest BCUT2D eigenvalue weighted by atomic mass is 32.2. The van der Waals surface area contributed by atoms with E-state index in [0.29, 0.717) is 17.4 Å². The Morgan fingerprint density at radius 2 is 1.91 bits per heavy atom. The van der Waals surface area contributed by atoms with Crippen molar-refractivity contribution in [2.24, 2.45) is 5.41 Å². The number of benzene rings is 1. The fraction of sp³-hybridized carbons (Fsp3) is 0.440. The van der Waals surface area contributed by atoms with E-state index in [-0.39, 0.29) is 16.9 Å². The van der Waals surface area contributed by atoms with E-state index < -0.39 is 0 Å². The molecule has 0 aliphatic carbocycles. The number of rotatable bonds is 8. The summed E-state index contributed by atoms with van der Waals surface area (Å²) in [6, 6.07) is 11.6. The third-order valence-electron chi connectivity index (χ3n) is 6.30. The number of anilines is 4. The number of nitrogens with one attached hydrogen (secondary N) is 3. The molecule has 9 nitrogen and oxygen atoms in total. The van der Waals surface area contributed by atoms with E-state index in [0.717, 1.165) is 41.0 Å². The first-order valence-electron chi connectivity index (χ1n) is 11.7. The highest BCUT2D eigenvalue weighted by Crippen LogP contribution is 2.43. The van der Waals surface area contributed by atoms with Gasteiger partial charge in [-0.1, -0.05) is 27.7 Å². The van der Waals surface area contributed by atoms with E-state index in [1.54, 1.807) is 7.11 Å². The Morgan fingerprint density at radius 3 is 2.49 bits per heavy atom. The van der Waals surface area contributed by atoms with Crippen molar-refractivity contribution in [2.75, 3.05) is 35.7 Å². The Balaban J connectivity index is 1.58. The van der Waals surface area contributed by atoms with Gasteiger partial charge >= 0.3 is 0 Å². The highest BCUT2D eigenvalue weighted by molar-refractivity contribution is 7.99. The van der Waals surface area contributed by atoms with E-state index >= 15 is 0 Å². The van der Waals surface area contributed by atoms with Gasteiger partial charge in [0.25, 0.3) is 0 Å². The van der Waals surface area contributed by atoms with Crippen LogP contribution in [0.4, 0.5) is 23.1 Å². The minimum Gasteiger partial charge on any atom is -0.374 e. The van der Waals surface area contributed by atoms with E-state index in [9.17, 15) is 4.79 Å². The lowest BCUT2D eigenvalue weighted by Gasteiger charge is -2.56. The first kappa shape index (κ1) is 25.0. The smallest absolute Gasteiger partial charge is 0.224 e. The van der Waals surface area contributed by atoms with Gasteiger partial charge in [-0.15, -0.1) is 0 Å². The number of amides is 1. The van der Waals surface area contributed by atoms with E-state index in [1.807, 2.05) is 50.2 Å². The summed E-state index contributed by atoms with van der Waals surface area (Å²) in [5, 5.41) is 14.0. The number of carbonyl (C=O) groups excluding carboxylic acids is 1. The van der Waals surface area contributed by atoms with Gasteiger partial charge in [0.1, 0.15) is 23.1 Å². The molecule has 0 bridgehead atoms. The number of hydrogen-bond acceptors (Lipinski definition) is 8. The number of hydrogen-bond donors (Lipinski definition) is 3. The molecular formula is C25H33N7O2S. The molecule has 3 aromatic rings. The fourth-order valence-electron chi connectivity index (χ4n) is 3.91. The molecule has 35 heavy (non-hydrogen) atoms. The minimum absolute atomic E-state index is 0.00628. The molecule has 1 amide bonds. The predicted octanol–water partition coefficient (Wildman–Crippen LogP) is 5.00. The highest BCUT2D eigenvalue weighted by Gasteiger charge is 2.52. The first-order valence-corrected chi connectivity index (χ1v) is 12.5. The predicted molar refractivity (Wildman–Crippen MR) is 140 cm³/mol. The van der Waals surface area contributed by atoms with Crippen molar-refractivity contribution in [2.45, 2.75) is 56.7 Å². The Labute approximate surface area is 210 Å². The molecule has 1 saturated heterocycles. The number of ether oxygens (including phenoxy) is 1. The van der Waals surface area contributed by atoms with Crippen LogP contribution in [0.1, 0.15) is 39.8 Å². The third-order valence-corrected chi connectivity index (χ3v) is 7.18. The van der Waals surface area contributed by atoms with Crippen LogP contribution in [0.2, 0.25) is 0 Å². The summed E-state index contributed by atoms with van der Waals surface area (Å²) in [7, 11) is 1.78. The molecule has 0 spiro atoms. The molecule has 10 heteroatoms. The SMILES string of the molecule is CCC(=O)Nc1ccc(Sc2nc(Nc3cc(C)n[nH]3)cc(N3CC(OC)(C(C)(C)C)C3)n2)cc1. The summed E-state index contributed by atoms with van der Waals surface area (Å²) in [5.41, 5.74) is 1.45. The Morgan fingerprint density at radius 1 is 1.20 bits per heavy atom. The minimum atomic E-state index is -0.224. The Hall–Kier alpha value is -3.11. The number of aromatic amines is 1. The Kier molecular flexibility index (Phi) is 7.05. The van der Waals surface area contributed by atoms with Gasteiger partial charge in [-0.25, -0.2) is 9.97 Å². The van der Waals surface area contributed by atoms with Gasteiger partial charge in [0.15, 0.2) is 5.16 Å². The summed E-state index contributed by atoms with van der Waals surface area (Å²) < 4.78 is 5.94. The van der Waals surface area contributed by atoms with Crippen LogP contribution in [-0.4, -0.2) is 51.9 Å². The molecule has 1 fully saturated rings. The molecule has 3 heterocycles. The molecule has 0 unspecified atom stereocenters. The summed E-state index contributed by atoms with van der Waals surface area (Å²) >= 11 is 1.47. The van der Waals surface area contributed by atoms with Crippen LogP contribution in [0.15, 0.2) is 46.5 Å². The number of carbonyl (C=O) groups is 1. The van der Waals surface area contributed by atoms with Crippen molar-refractivity contribution in [3.8, 4) is 0 Å². The maximum Gasteiger partial charge on any atom is 0.224 e. The van der Waals surface area contributed by atoms with Gasteiger partial charge in [0.2, 0.25) is 5.91 Å². The van der Waals surface area contributed by atoms with Crippen LogP contribution in [0.5, 0.6) is 0 Å². The van der Waals surface area contributed by atoms with Crippen LogP contribution in [0, 0.1) is 12.3 Å². The maximum absolute atomic E-state index is 11.6. The quantitative estimate of drug-likeness (QED) is 0.375. The average molecular weight is 496 g/mol. The zero-order valence-electron chi connectivity index (χ0n) is 21.1. The van der Waals surface area contributed by atoms with Crippen molar-refractivity contribution in [1.29, 1.82) is 0 Å². The largest absolute Gasteiger partial charge is 0.374 e. The molecule has 1 aliphatic rings. The van der Waals surface area contributed by atoms with Crippen LogP contribution in [0.3, 0.4) is 0 Å². The summed E-state index contributed by atoms with van der Waals surface area (Å²) in [6.07, 6.45) is 0.443. The normalized spacial score (nSPS) is 15.0. The van der Waals surface area contributed by atoms with Crippen LogP contribution in [-0.2, 0) is 9.53 Å². The van der Waals surface area contributed by atoms with Gasteiger partial charge in [0.05, 0.1) is 18.8 Å². The summed E-state index contributed by atoms with van der Waals surface area (Å²) in [4.78, 5) is 24.4. The number of nitrogens with zero attached hydrogens (tertiary/aromatic N) is 4. The van der Waals surface area contributed by atoms with Gasteiger partial charge in [-0.2, -0.15) is 5.10 Å². The second kappa shape index (κ2) is 9.87. The maximum atomic E-state index is 11.6. The zero-order chi connectivity index (χ0) is 25.2. The van der Waals surface area contributed by atoms with Crippen LogP contribution < -0.4 is 15.5 Å². The molecular weight excluding hydrogens is 462 g/mol. The second-order valence-corrected chi connectivity index (χ2v) is 10.8. The van der Waals surface area contributed by atoms with E-state index in [2.05, 4.69) is 46.5 Å². The van der Waals surface area contributed by atoms with E-state index in [1.165, 1.54) is 11.8 Å². The van der Waals surface area contributed by atoms with Gasteiger partial charge in [-0.3, -0.25) is 9.89 Å². The van der Waals surface area contributed by atoms with Gasteiger partial charge < -0.3 is 20.3 Å². The van der Waals surface area contributed by atoms with E-state index in [4.69, 9.17) is 14.7 Å². The van der Waals surface area contributed by atoms with Gasteiger partial charge in [-0.05, 0) is 48.4 Å². The lowest BCUT2D eigenvalue weighted by Crippen LogP contribution is -2.69. The summed E-state index contributed by atoms with van der Waals surface area (Å²) in [6.45, 7) is 11.9. The lowest BCUT2D eigenvalue weighted by atomic mass is 9.71. The van der Waals surface area contributed by atoms with Crippen LogP contribution in [0.25, 0.3) is 0 Å². The molecule has 0 radical (unpaired) electrons. The number of aryl methyl sites for hydroxylation is 1. The number of methoxy groups -OCH3 is 1. The zero-order valence-corrected chi connectivity index (χ0v) is 21.9. The molecule has 186 valence electrons. The second-order valence-electron chi connectivity index (χ2n) is 9.77. The van der Waals surface area contributed by atoms with Crippen LogP contribution >= 0.6 is 11.8 Å². The molecule has 2 aromatic heterocycles. The molecule has 0 atom stereocenters. The molecule has 1 aromatic carbocycles.